The third-order valence-electron chi connectivity index (χ3n) is 2.44. The Bertz CT molecular complexity index is 673. The Kier molecular flexibility index (Phi) is 4.02. The van der Waals surface area contributed by atoms with Crippen molar-refractivity contribution in [3.8, 4) is 0 Å². The SMILES string of the molecule is CC(NS(=O)(=O)c1ccc(Br)cc1F)c1ncc[nH]1. The molecule has 1 aromatic carbocycles. The van der Waals surface area contributed by atoms with Crippen LogP contribution in [0.5, 0.6) is 0 Å². The molecule has 8 heteroatoms. The molecule has 1 unspecified atom stereocenters. The van der Waals surface area contributed by atoms with E-state index < -0.39 is 26.8 Å². The normalized spacial score (nSPS) is 13.4. The smallest absolute Gasteiger partial charge is 0.244 e. The molecule has 0 bridgehead atoms. The van der Waals surface area contributed by atoms with Gasteiger partial charge >= 0.3 is 0 Å². The van der Waals surface area contributed by atoms with Crippen molar-refractivity contribution < 1.29 is 12.8 Å². The Morgan fingerprint density at radius 3 is 2.79 bits per heavy atom. The zero-order valence-electron chi connectivity index (χ0n) is 9.89. The minimum atomic E-state index is -3.94. The number of sulfonamides is 1. The Morgan fingerprint density at radius 2 is 2.21 bits per heavy atom. The van der Waals surface area contributed by atoms with Gasteiger partial charge in [0.1, 0.15) is 16.5 Å². The molecule has 1 heterocycles. The lowest BCUT2D eigenvalue weighted by atomic mass is 10.3. The molecule has 0 amide bonds. The number of halogens is 2. The highest BCUT2D eigenvalue weighted by molar-refractivity contribution is 9.10. The molecule has 102 valence electrons. The molecule has 1 atom stereocenters. The Labute approximate surface area is 118 Å². The van der Waals surface area contributed by atoms with Gasteiger partial charge in [-0.3, -0.25) is 0 Å². The fourth-order valence-electron chi connectivity index (χ4n) is 1.56. The average Bonchev–Trinajstić information content (AvgIpc) is 2.80. The van der Waals surface area contributed by atoms with Gasteiger partial charge in [-0.15, -0.1) is 0 Å². The van der Waals surface area contributed by atoms with Crippen LogP contribution >= 0.6 is 15.9 Å². The lowest BCUT2D eigenvalue weighted by molar-refractivity contribution is 0.542. The third-order valence-corrected chi connectivity index (χ3v) is 4.51. The van der Waals surface area contributed by atoms with Crippen LogP contribution in [0.3, 0.4) is 0 Å². The Balaban J connectivity index is 2.28. The maximum absolute atomic E-state index is 13.7. The van der Waals surface area contributed by atoms with Crippen LogP contribution < -0.4 is 4.72 Å². The number of H-pyrrole nitrogens is 1. The molecule has 0 saturated carbocycles. The van der Waals surface area contributed by atoms with Crippen molar-refractivity contribution in [1.82, 2.24) is 14.7 Å². The maximum Gasteiger partial charge on any atom is 0.244 e. The Morgan fingerprint density at radius 1 is 1.47 bits per heavy atom. The second kappa shape index (κ2) is 5.40. The predicted octanol–water partition coefficient (Wildman–Crippen LogP) is 2.35. The summed E-state index contributed by atoms with van der Waals surface area (Å²) in [6.45, 7) is 1.62. The van der Waals surface area contributed by atoms with Gasteiger partial charge in [0.05, 0.1) is 6.04 Å². The van der Waals surface area contributed by atoms with E-state index in [9.17, 15) is 12.8 Å². The van der Waals surface area contributed by atoms with Crippen molar-refractivity contribution in [2.24, 2.45) is 0 Å². The summed E-state index contributed by atoms with van der Waals surface area (Å²) in [5.74, 6) is -0.352. The first-order valence-electron chi connectivity index (χ1n) is 5.37. The molecule has 0 radical (unpaired) electrons. The van der Waals surface area contributed by atoms with Gasteiger partial charge in [-0.25, -0.2) is 22.5 Å². The molecule has 0 aliphatic rings. The van der Waals surface area contributed by atoms with E-state index in [0.29, 0.717) is 10.3 Å². The van der Waals surface area contributed by atoms with Gasteiger partial charge in [0.2, 0.25) is 10.0 Å². The topological polar surface area (TPSA) is 74.8 Å². The second-order valence-electron chi connectivity index (χ2n) is 3.89. The van der Waals surface area contributed by atoms with E-state index in [0.717, 1.165) is 6.07 Å². The number of nitrogens with one attached hydrogen (secondary N) is 2. The number of aromatic nitrogens is 2. The number of hydrogen-bond acceptors (Lipinski definition) is 3. The van der Waals surface area contributed by atoms with E-state index in [4.69, 9.17) is 0 Å². The van der Waals surface area contributed by atoms with Crippen molar-refractivity contribution in [2.45, 2.75) is 17.9 Å². The van der Waals surface area contributed by atoms with E-state index in [1.54, 1.807) is 13.1 Å². The van der Waals surface area contributed by atoms with Crippen molar-refractivity contribution in [1.29, 1.82) is 0 Å². The maximum atomic E-state index is 13.7. The fourth-order valence-corrected chi connectivity index (χ4v) is 3.16. The molecule has 2 aromatic rings. The first kappa shape index (κ1) is 14.2. The molecule has 0 spiro atoms. The largest absolute Gasteiger partial charge is 0.347 e. The highest BCUT2D eigenvalue weighted by Crippen LogP contribution is 2.21. The minimum absolute atomic E-state index is 0.394. The molecule has 0 aliphatic heterocycles. The van der Waals surface area contributed by atoms with Crippen LogP contribution in [-0.4, -0.2) is 18.4 Å². The van der Waals surface area contributed by atoms with E-state index in [2.05, 4.69) is 30.6 Å². The highest BCUT2D eigenvalue weighted by atomic mass is 79.9. The zero-order chi connectivity index (χ0) is 14.0. The molecule has 0 fully saturated rings. The summed E-state index contributed by atoms with van der Waals surface area (Å²) >= 11 is 3.08. The summed E-state index contributed by atoms with van der Waals surface area (Å²) in [4.78, 5) is 6.35. The number of nitrogens with zero attached hydrogens (tertiary/aromatic N) is 1. The summed E-state index contributed by atoms with van der Waals surface area (Å²) in [6, 6.07) is 3.20. The van der Waals surface area contributed by atoms with Crippen molar-refractivity contribution in [2.75, 3.05) is 0 Å². The summed E-state index contributed by atoms with van der Waals surface area (Å²) in [7, 11) is -3.94. The number of benzene rings is 1. The van der Waals surface area contributed by atoms with Crippen LogP contribution in [0, 0.1) is 5.82 Å². The van der Waals surface area contributed by atoms with Gasteiger partial charge in [0, 0.05) is 16.9 Å². The minimum Gasteiger partial charge on any atom is -0.347 e. The Hall–Kier alpha value is -1.25. The van der Waals surface area contributed by atoms with Gasteiger partial charge < -0.3 is 4.98 Å². The molecule has 5 nitrogen and oxygen atoms in total. The average molecular weight is 348 g/mol. The lowest BCUT2D eigenvalue weighted by Gasteiger charge is -2.12. The van der Waals surface area contributed by atoms with Gasteiger partial charge in [-0.1, -0.05) is 15.9 Å². The molecule has 19 heavy (non-hydrogen) atoms. The molecule has 1 aromatic heterocycles. The molecule has 0 saturated heterocycles. The van der Waals surface area contributed by atoms with Gasteiger partial charge in [0.15, 0.2) is 0 Å². The summed E-state index contributed by atoms with van der Waals surface area (Å²) in [5.41, 5.74) is 0. The van der Waals surface area contributed by atoms with Gasteiger partial charge in [-0.2, -0.15) is 0 Å². The standard InChI is InChI=1S/C11H11BrFN3O2S/c1-7(11-14-4-5-15-11)16-19(17,18)10-3-2-8(12)6-9(10)13/h2-7,16H,1H3,(H,14,15). The van der Waals surface area contributed by atoms with Crippen LogP contribution in [0.4, 0.5) is 4.39 Å². The zero-order valence-corrected chi connectivity index (χ0v) is 12.3. The van der Waals surface area contributed by atoms with E-state index in [1.807, 2.05) is 0 Å². The lowest BCUT2D eigenvalue weighted by Crippen LogP contribution is -2.28. The summed E-state index contributed by atoms with van der Waals surface area (Å²) < 4.78 is 40.6. The monoisotopic (exact) mass is 347 g/mol. The molecule has 2 N–H and O–H groups in total. The van der Waals surface area contributed by atoms with Crippen LogP contribution in [0.1, 0.15) is 18.8 Å². The predicted molar refractivity (Wildman–Crippen MR) is 71.4 cm³/mol. The van der Waals surface area contributed by atoms with E-state index in [1.165, 1.54) is 18.3 Å². The quantitative estimate of drug-likeness (QED) is 0.891. The second-order valence-corrected chi connectivity index (χ2v) is 6.49. The summed E-state index contributed by atoms with van der Waals surface area (Å²) in [6.07, 6.45) is 3.10. The number of hydrogen-bond donors (Lipinski definition) is 2. The molecular weight excluding hydrogens is 337 g/mol. The van der Waals surface area contributed by atoms with Crippen LogP contribution in [-0.2, 0) is 10.0 Å². The summed E-state index contributed by atoms with van der Waals surface area (Å²) in [5, 5.41) is 0. The van der Waals surface area contributed by atoms with Crippen molar-refractivity contribution >= 4 is 26.0 Å². The molecule has 0 aliphatic carbocycles. The van der Waals surface area contributed by atoms with Crippen molar-refractivity contribution in [3.63, 3.8) is 0 Å². The van der Waals surface area contributed by atoms with Crippen LogP contribution in [0.15, 0.2) is 40.0 Å². The number of rotatable bonds is 4. The first-order chi connectivity index (χ1) is 8.90. The van der Waals surface area contributed by atoms with E-state index >= 15 is 0 Å². The fraction of sp³-hybridized carbons (Fsp3) is 0.182. The third kappa shape index (κ3) is 3.20. The number of imidazole rings is 1. The van der Waals surface area contributed by atoms with Crippen molar-refractivity contribution in [3.05, 3.63) is 46.7 Å². The highest BCUT2D eigenvalue weighted by Gasteiger charge is 2.22. The van der Waals surface area contributed by atoms with Crippen LogP contribution in [0.2, 0.25) is 0 Å². The van der Waals surface area contributed by atoms with Gasteiger partial charge in [0.25, 0.3) is 0 Å². The molecular formula is C11H11BrFN3O2S. The number of aromatic amines is 1. The van der Waals surface area contributed by atoms with Crippen LogP contribution in [0.25, 0.3) is 0 Å². The van der Waals surface area contributed by atoms with E-state index in [-0.39, 0.29) is 0 Å². The first-order valence-corrected chi connectivity index (χ1v) is 7.64. The van der Waals surface area contributed by atoms with Gasteiger partial charge in [-0.05, 0) is 25.1 Å². The molecule has 2 rings (SSSR count).